The number of nitrogens with one attached hydrogen (secondary N) is 1. The predicted octanol–water partition coefficient (Wildman–Crippen LogP) is 0.0908. The Balaban J connectivity index is 1.86. The number of aromatic nitrogens is 1. The van der Waals surface area contributed by atoms with Gasteiger partial charge in [-0.15, -0.1) is 0 Å². The topological polar surface area (TPSA) is 54.2 Å². The highest BCUT2D eigenvalue weighted by atomic mass is 15.3. The molecule has 2 saturated heterocycles. The van der Waals surface area contributed by atoms with Crippen molar-refractivity contribution in [1.82, 2.24) is 10.3 Å². The molecular weight excluding hydrogens is 188 g/mol. The van der Waals surface area contributed by atoms with Gasteiger partial charge in [0.25, 0.3) is 0 Å². The van der Waals surface area contributed by atoms with Crippen LogP contribution in [0.5, 0.6) is 0 Å². The number of hydrogen-bond acceptors (Lipinski definition) is 4. The highest BCUT2D eigenvalue weighted by Gasteiger charge is 2.37. The van der Waals surface area contributed by atoms with Gasteiger partial charge in [0.05, 0.1) is 11.9 Å². The lowest BCUT2D eigenvalue weighted by molar-refractivity contribution is 0.579. The molecule has 80 valence electrons. The van der Waals surface area contributed by atoms with E-state index in [9.17, 15) is 0 Å². The number of fused-ring (bicyclic) bond motifs is 2. The van der Waals surface area contributed by atoms with E-state index >= 15 is 0 Å². The molecule has 4 heteroatoms. The second-order valence-corrected chi connectivity index (χ2v) is 4.40. The van der Waals surface area contributed by atoms with Gasteiger partial charge in [0.1, 0.15) is 0 Å². The van der Waals surface area contributed by atoms with Crippen LogP contribution in [0.1, 0.15) is 12.0 Å². The zero-order chi connectivity index (χ0) is 10.3. The van der Waals surface area contributed by atoms with Gasteiger partial charge in [-0.1, -0.05) is 0 Å². The highest BCUT2D eigenvalue weighted by Crippen LogP contribution is 2.29. The molecule has 0 amide bonds. The molecule has 0 aromatic carbocycles. The molecule has 3 N–H and O–H groups in total. The Morgan fingerprint density at radius 2 is 2.47 bits per heavy atom. The fourth-order valence-corrected chi connectivity index (χ4v) is 2.62. The van der Waals surface area contributed by atoms with Crippen molar-refractivity contribution < 1.29 is 0 Å². The minimum atomic E-state index is 0.570. The van der Waals surface area contributed by atoms with Crippen LogP contribution in [-0.4, -0.2) is 30.2 Å². The molecule has 4 nitrogen and oxygen atoms in total. The fraction of sp³-hybridized carbons (Fsp3) is 0.545. The Kier molecular flexibility index (Phi) is 2.11. The largest absolute Gasteiger partial charge is 0.364 e. The Bertz CT molecular complexity index is 365. The first-order chi connectivity index (χ1) is 7.36. The van der Waals surface area contributed by atoms with E-state index in [1.807, 2.05) is 12.4 Å². The summed E-state index contributed by atoms with van der Waals surface area (Å²) in [7, 11) is 0. The average Bonchev–Trinajstić information content (AvgIpc) is 2.91. The van der Waals surface area contributed by atoms with E-state index in [1.165, 1.54) is 12.1 Å². The standard InChI is InChI=1S/C11H16N4/c12-3-8-1-10(5-13-4-8)15-7-9-2-11(15)6-14-9/h1,4-5,9,11,14H,2-3,6-7,12H2/t9-,11-/m1/s1. The molecule has 2 aliphatic heterocycles. The average molecular weight is 204 g/mol. The number of pyridine rings is 1. The molecule has 0 aliphatic carbocycles. The molecule has 2 fully saturated rings. The van der Waals surface area contributed by atoms with Gasteiger partial charge < -0.3 is 16.0 Å². The van der Waals surface area contributed by atoms with Crippen molar-refractivity contribution in [3.63, 3.8) is 0 Å². The van der Waals surface area contributed by atoms with Crippen LogP contribution in [0.4, 0.5) is 5.69 Å². The van der Waals surface area contributed by atoms with Gasteiger partial charge in [0.15, 0.2) is 0 Å². The van der Waals surface area contributed by atoms with Crippen molar-refractivity contribution in [2.75, 3.05) is 18.0 Å². The molecule has 1 aromatic rings. The Hall–Kier alpha value is -1.13. The number of nitrogens with zero attached hydrogens (tertiary/aromatic N) is 2. The second-order valence-electron chi connectivity index (χ2n) is 4.40. The lowest BCUT2D eigenvalue weighted by Crippen LogP contribution is -2.43. The van der Waals surface area contributed by atoms with Crippen molar-refractivity contribution >= 4 is 5.69 Å². The van der Waals surface area contributed by atoms with Crippen molar-refractivity contribution in [3.8, 4) is 0 Å². The van der Waals surface area contributed by atoms with E-state index in [-0.39, 0.29) is 0 Å². The van der Waals surface area contributed by atoms with Gasteiger partial charge in [-0.3, -0.25) is 4.98 Å². The number of piperazine rings is 1. The summed E-state index contributed by atoms with van der Waals surface area (Å²) in [5.41, 5.74) is 7.97. The van der Waals surface area contributed by atoms with Crippen LogP contribution < -0.4 is 16.0 Å². The van der Waals surface area contributed by atoms with E-state index in [0.29, 0.717) is 18.6 Å². The molecule has 1 aromatic heterocycles. The van der Waals surface area contributed by atoms with Gasteiger partial charge in [0, 0.05) is 37.9 Å². The first-order valence-electron chi connectivity index (χ1n) is 5.51. The molecule has 0 spiro atoms. The number of rotatable bonds is 2. The van der Waals surface area contributed by atoms with Crippen molar-refractivity contribution in [1.29, 1.82) is 0 Å². The molecule has 0 unspecified atom stereocenters. The summed E-state index contributed by atoms with van der Waals surface area (Å²) in [6, 6.07) is 3.50. The summed E-state index contributed by atoms with van der Waals surface area (Å²) >= 11 is 0. The van der Waals surface area contributed by atoms with Crippen LogP contribution in [-0.2, 0) is 6.54 Å². The van der Waals surface area contributed by atoms with Crippen LogP contribution in [0, 0.1) is 0 Å². The number of nitrogens with two attached hydrogens (primary N) is 1. The minimum Gasteiger partial charge on any atom is -0.364 e. The third-order valence-electron chi connectivity index (χ3n) is 3.40. The summed E-state index contributed by atoms with van der Waals surface area (Å²) in [6.45, 7) is 2.79. The lowest BCUT2D eigenvalue weighted by atomic mass is 10.2. The van der Waals surface area contributed by atoms with Crippen LogP contribution in [0.2, 0.25) is 0 Å². The van der Waals surface area contributed by atoms with E-state index in [2.05, 4.69) is 21.3 Å². The monoisotopic (exact) mass is 204 g/mol. The summed E-state index contributed by atoms with van der Waals surface area (Å²) < 4.78 is 0. The SMILES string of the molecule is NCc1cncc(N2C[C@H]3C[C@@H]2CN3)c1. The van der Waals surface area contributed by atoms with Crippen LogP contribution in [0.25, 0.3) is 0 Å². The van der Waals surface area contributed by atoms with Crippen molar-refractivity contribution in [2.45, 2.75) is 25.0 Å². The summed E-state index contributed by atoms with van der Waals surface area (Å²) in [5.74, 6) is 0. The summed E-state index contributed by atoms with van der Waals surface area (Å²) in [4.78, 5) is 6.69. The summed E-state index contributed by atoms with van der Waals surface area (Å²) in [6.07, 6.45) is 5.06. The first kappa shape index (κ1) is 9.12. The molecular formula is C11H16N4. The molecule has 3 rings (SSSR count). The molecule has 2 bridgehead atoms. The molecule has 3 heterocycles. The van der Waals surface area contributed by atoms with E-state index in [4.69, 9.17) is 5.73 Å². The lowest BCUT2D eigenvalue weighted by Gasteiger charge is -2.29. The summed E-state index contributed by atoms with van der Waals surface area (Å²) in [5, 5.41) is 3.50. The van der Waals surface area contributed by atoms with Gasteiger partial charge in [-0.25, -0.2) is 0 Å². The van der Waals surface area contributed by atoms with Gasteiger partial charge >= 0.3 is 0 Å². The van der Waals surface area contributed by atoms with Crippen LogP contribution in [0.3, 0.4) is 0 Å². The quantitative estimate of drug-likeness (QED) is 0.717. The van der Waals surface area contributed by atoms with Crippen LogP contribution >= 0.6 is 0 Å². The smallest absolute Gasteiger partial charge is 0.0559 e. The Morgan fingerprint density at radius 3 is 3.13 bits per heavy atom. The number of anilines is 1. The maximum Gasteiger partial charge on any atom is 0.0559 e. The number of hydrogen-bond donors (Lipinski definition) is 2. The first-order valence-corrected chi connectivity index (χ1v) is 5.51. The fourth-order valence-electron chi connectivity index (χ4n) is 2.62. The van der Waals surface area contributed by atoms with Crippen LogP contribution in [0.15, 0.2) is 18.5 Å². The van der Waals surface area contributed by atoms with E-state index < -0.39 is 0 Å². The molecule has 2 aliphatic rings. The third-order valence-corrected chi connectivity index (χ3v) is 3.40. The minimum absolute atomic E-state index is 0.570. The zero-order valence-corrected chi connectivity index (χ0v) is 8.69. The zero-order valence-electron chi connectivity index (χ0n) is 8.69. The van der Waals surface area contributed by atoms with Crippen molar-refractivity contribution in [2.24, 2.45) is 5.73 Å². The maximum absolute atomic E-state index is 5.62. The second kappa shape index (κ2) is 3.47. The molecule has 15 heavy (non-hydrogen) atoms. The third kappa shape index (κ3) is 1.50. The molecule has 0 saturated carbocycles. The predicted molar refractivity (Wildman–Crippen MR) is 59.7 cm³/mol. The van der Waals surface area contributed by atoms with Gasteiger partial charge in [-0.2, -0.15) is 0 Å². The van der Waals surface area contributed by atoms with Gasteiger partial charge in [0.2, 0.25) is 0 Å². The van der Waals surface area contributed by atoms with Gasteiger partial charge in [-0.05, 0) is 18.1 Å². The Labute approximate surface area is 89.5 Å². The Morgan fingerprint density at radius 1 is 1.53 bits per heavy atom. The normalized spacial score (nSPS) is 28.7. The maximum atomic E-state index is 5.62. The van der Waals surface area contributed by atoms with Crippen molar-refractivity contribution in [3.05, 3.63) is 24.0 Å². The molecule has 2 atom stereocenters. The highest BCUT2D eigenvalue weighted by molar-refractivity contribution is 5.49. The van der Waals surface area contributed by atoms with E-state index in [0.717, 1.165) is 18.7 Å². The molecule has 0 radical (unpaired) electrons. The van der Waals surface area contributed by atoms with E-state index in [1.54, 1.807) is 0 Å².